The molecule has 1 aromatic heterocycles. The molecule has 1 aliphatic rings. The Kier molecular flexibility index (Phi) is 9.24. The van der Waals surface area contributed by atoms with Crippen LogP contribution in [0.2, 0.25) is 0 Å². The molecular weight excluding hydrogens is 737 g/mol. The molecule has 2 heteroatoms. The molecule has 1 aliphatic carbocycles. The summed E-state index contributed by atoms with van der Waals surface area (Å²) < 4.78 is 2.41. The van der Waals surface area contributed by atoms with Crippen LogP contribution in [0.15, 0.2) is 224 Å². The van der Waals surface area contributed by atoms with E-state index in [-0.39, 0.29) is 0 Å². The zero-order valence-corrected chi connectivity index (χ0v) is 34.1. The number of aromatic nitrogens is 1. The van der Waals surface area contributed by atoms with Gasteiger partial charge < -0.3 is 9.88 Å². The van der Waals surface area contributed by atoms with Gasteiger partial charge in [0.05, 0.1) is 11.0 Å². The number of anilines is 2. The Hall–Kier alpha value is -7.68. The molecule has 0 bridgehead atoms. The predicted molar refractivity (Wildman–Crippen MR) is 261 cm³/mol. The van der Waals surface area contributed by atoms with Crippen molar-refractivity contribution in [2.24, 2.45) is 5.92 Å². The molecule has 1 N–H and O–H groups in total. The van der Waals surface area contributed by atoms with Crippen LogP contribution in [0.4, 0.5) is 11.4 Å². The van der Waals surface area contributed by atoms with Crippen LogP contribution in [-0.2, 0) is 0 Å². The lowest BCUT2D eigenvalue weighted by atomic mass is 9.91. The van der Waals surface area contributed by atoms with Crippen molar-refractivity contribution in [3.8, 4) is 50.2 Å². The molecule has 0 aliphatic heterocycles. The summed E-state index contributed by atoms with van der Waals surface area (Å²) in [5.41, 5.74) is 17.8. The lowest BCUT2D eigenvalue weighted by molar-refractivity contribution is 0.740. The quantitative estimate of drug-likeness (QED) is 0.162. The topological polar surface area (TPSA) is 17.0 Å². The molecule has 9 aromatic carbocycles. The molecule has 290 valence electrons. The second kappa shape index (κ2) is 15.5. The average molecular weight is 781 g/mol. The lowest BCUT2D eigenvalue weighted by Crippen LogP contribution is -1.96. The molecule has 1 heterocycles. The third kappa shape index (κ3) is 7.03. The molecule has 0 amide bonds. The summed E-state index contributed by atoms with van der Waals surface area (Å²) in [4.78, 5) is 0. The molecule has 10 aromatic rings. The minimum absolute atomic E-state index is 0.560. The third-order valence-corrected chi connectivity index (χ3v) is 12.3. The van der Waals surface area contributed by atoms with Gasteiger partial charge in [-0.05, 0) is 134 Å². The highest BCUT2D eigenvalue weighted by Gasteiger charge is 2.16. The SMILES string of the molecule is CC1C=C(c2ccc(-c3cc(-c4ccc(-c5ccc6c(c5)c5ccc(-c7ccc8ccccc8c7)cc5n6-c5ccccc5)cc4)ccc3Nc3ccccc3)cc2)C=CC1. The van der Waals surface area contributed by atoms with Crippen LogP contribution in [0.25, 0.3) is 88.3 Å². The Bertz CT molecular complexity index is 3280. The first-order chi connectivity index (χ1) is 30.1. The summed E-state index contributed by atoms with van der Waals surface area (Å²) in [6, 6.07) is 75.2. The molecule has 0 saturated carbocycles. The van der Waals surface area contributed by atoms with E-state index in [0.29, 0.717) is 5.92 Å². The number of benzene rings is 9. The molecule has 2 nitrogen and oxygen atoms in total. The van der Waals surface area contributed by atoms with Crippen LogP contribution in [0.1, 0.15) is 18.9 Å². The molecule has 11 rings (SSSR count). The van der Waals surface area contributed by atoms with E-state index >= 15 is 0 Å². The maximum absolute atomic E-state index is 3.70. The van der Waals surface area contributed by atoms with Crippen molar-refractivity contribution in [2.75, 3.05) is 5.32 Å². The van der Waals surface area contributed by atoms with Gasteiger partial charge in [-0.3, -0.25) is 0 Å². The number of allylic oxidation sites excluding steroid dienone is 4. The number of rotatable bonds is 8. The first-order valence-electron chi connectivity index (χ1n) is 21.3. The zero-order valence-electron chi connectivity index (χ0n) is 34.1. The van der Waals surface area contributed by atoms with E-state index in [1.54, 1.807) is 0 Å². The monoisotopic (exact) mass is 780 g/mol. The van der Waals surface area contributed by atoms with Crippen LogP contribution in [0.5, 0.6) is 0 Å². The third-order valence-electron chi connectivity index (χ3n) is 12.3. The molecule has 0 fully saturated rings. The highest BCUT2D eigenvalue weighted by Crippen LogP contribution is 2.39. The fourth-order valence-electron chi connectivity index (χ4n) is 9.08. The number of hydrogen-bond donors (Lipinski definition) is 1. The Morgan fingerprint density at radius 3 is 1.80 bits per heavy atom. The molecule has 0 spiro atoms. The van der Waals surface area contributed by atoms with Gasteiger partial charge in [0.1, 0.15) is 0 Å². The smallest absolute Gasteiger partial charge is 0.0547 e. The molecule has 0 radical (unpaired) electrons. The van der Waals surface area contributed by atoms with Crippen LogP contribution in [0, 0.1) is 5.92 Å². The van der Waals surface area contributed by atoms with Crippen molar-refractivity contribution >= 4 is 49.5 Å². The van der Waals surface area contributed by atoms with E-state index in [1.807, 2.05) is 0 Å². The number of nitrogens with zero attached hydrogens (tertiary/aromatic N) is 1. The normalized spacial score (nSPS) is 13.8. The summed E-state index contributed by atoms with van der Waals surface area (Å²) in [7, 11) is 0. The summed E-state index contributed by atoms with van der Waals surface area (Å²) in [6.07, 6.45) is 8.03. The first kappa shape index (κ1) is 36.4. The maximum Gasteiger partial charge on any atom is 0.0547 e. The van der Waals surface area contributed by atoms with Crippen LogP contribution in [-0.4, -0.2) is 4.57 Å². The van der Waals surface area contributed by atoms with E-state index < -0.39 is 0 Å². The Balaban J connectivity index is 0.951. The number of hydrogen-bond acceptors (Lipinski definition) is 1. The van der Waals surface area contributed by atoms with Gasteiger partial charge in [0, 0.05) is 33.4 Å². The minimum atomic E-state index is 0.560. The van der Waals surface area contributed by atoms with Crippen molar-refractivity contribution in [2.45, 2.75) is 13.3 Å². The Morgan fingerprint density at radius 2 is 1.03 bits per heavy atom. The van der Waals surface area contributed by atoms with Crippen molar-refractivity contribution in [3.05, 3.63) is 230 Å². The van der Waals surface area contributed by atoms with Gasteiger partial charge in [0.15, 0.2) is 0 Å². The van der Waals surface area contributed by atoms with Gasteiger partial charge in [0.25, 0.3) is 0 Å². The highest BCUT2D eigenvalue weighted by atomic mass is 15.0. The summed E-state index contributed by atoms with van der Waals surface area (Å²) in [6.45, 7) is 2.28. The van der Waals surface area contributed by atoms with Crippen molar-refractivity contribution < 1.29 is 0 Å². The Labute approximate surface area is 357 Å². The second-order valence-corrected chi connectivity index (χ2v) is 16.3. The molecular formula is C59H44N2. The Morgan fingerprint density at radius 1 is 0.443 bits per heavy atom. The number of nitrogens with one attached hydrogen (secondary N) is 1. The van der Waals surface area contributed by atoms with Gasteiger partial charge in [-0.2, -0.15) is 0 Å². The van der Waals surface area contributed by atoms with Gasteiger partial charge in [0.2, 0.25) is 0 Å². The predicted octanol–water partition coefficient (Wildman–Crippen LogP) is 16.3. The lowest BCUT2D eigenvalue weighted by Gasteiger charge is -2.16. The van der Waals surface area contributed by atoms with Crippen LogP contribution in [0.3, 0.4) is 0 Å². The second-order valence-electron chi connectivity index (χ2n) is 16.3. The average Bonchev–Trinajstić information content (AvgIpc) is 3.65. The van der Waals surface area contributed by atoms with Crippen LogP contribution >= 0.6 is 0 Å². The summed E-state index contributed by atoms with van der Waals surface area (Å²) in [5, 5.41) is 8.69. The molecule has 61 heavy (non-hydrogen) atoms. The highest BCUT2D eigenvalue weighted by molar-refractivity contribution is 6.11. The molecule has 1 atom stereocenters. The summed E-state index contributed by atoms with van der Waals surface area (Å²) >= 11 is 0. The van der Waals surface area contributed by atoms with E-state index in [1.165, 1.54) is 88.2 Å². The summed E-state index contributed by atoms with van der Waals surface area (Å²) in [5.74, 6) is 0.560. The molecule has 0 saturated heterocycles. The first-order valence-corrected chi connectivity index (χ1v) is 21.3. The standard InChI is InChI=1S/C59H44N2/c1-40-11-10-14-46(35-40)42-23-26-45(27-24-42)55-37-49(30-33-57(55)60-52-15-4-2-5-16-52)43-19-21-44(22-20-43)50-31-34-58-56(38-50)54-32-29-51(39-59(54)61(58)53-17-6-3-7-18-53)48-28-25-41-12-8-9-13-47(41)36-48/h2-10,12-40,60H,11H2,1H3. The fraction of sp³-hybridized carbons (Fsp3) is 0.0508. The fourth-order valence-corrected chi connectivity index (χ4v) is 9.08. The van der Waals surface area contributed by atoms with Crippen molar-refractivity contribution in [1.82, 2.24) is 4.57 Å². The van der Waals surface area contributed by atoms with Crippen LogP contribution < -0.4 is 5.32 Å². The number of para-hydroxylation sites is 2. The minimum Gasteiger partial charge on any atom is -0.355 e. The largest absolute Gasteiger partial charge is 0.355 e. The number of fused-ring (bicyclic) bond motifs is 4. The van der Waals surface area contributed by atoms with E-state index in [4.69, 9.17) is 0 Å². The van der Waals surface area contributed by atoms with Gasteiger partial charge in [-0.15, -0.1) is 0 Å². The van der Waals surface area contributed by atoms with Gasteiger partial charge >= 0.3 is 0 Å². The van der Waals surface area contributed by atoms with E-state index in [0.717, 1.165) is 23.5 Å². The van der Waals surface area contributed by atoms with Gasteiger partial charge in [-0.25, -0.2) is 0 Å². The van der Waals surface area contributed by atoms with E-state index in [9.17, 15) is 0 Å². The zero-order chi connectivity index (χ0) is 40.7. The van der Waals surface area contributed by atoms with Gasteiger partial charge in [-0.1, -0.05) is 171 Å². The van der Waals surface area contributed by atoms with E-state index in [2.05, 4.69) is 241 Å². The van der Waals surface area contributed by atoms with Crippen molar-refractivity contribution in [1.29, 1.82) is 0 Å². The maximum atomic E-state index is 3.70. The molecule has 1 unspecified atom stereocenters. The van der Waals surface area contributed by atoms with Crippen molar-refractivity contribution in [3.63, 3.8) is 0 Å².